The monoisotopic (exact) mass is 288 g/mol. The summed E-state index contributed by atoms with van der Waals surface area (Å²) < 4.78 is 13.2. The molecule has 0 N–H and O–H groups in total. The van der Waals surface area contributed by atoms with Gasteiger partial charge < -0.3 is 9.80 Å². The van der Waals surface area contributed by atoms with E-state index in [4.69, 9.17) is 0 Å². The maximum Gasteiger partial charge on any atom is 0.246 e. The smallest absolute Gasteiger partial charge is 0.246 e. The average molecular weight is 288 g/mol. The van der Waals surface area contributed by atoms with Crippen molar-refractivity contribution in [3.63, 3.8) is 0 Å². The Morgan fingerprint density at radius 3 is 2.52 bits per heavy atom. The first kappa shape index (κ1) is 14.3. The lowest BCUT2D eigenvalue weighted by molar-refractivity contribution is -0.125. The topological polar surface area (TPSA) is 23.6 Å². The number of allylic oxidation sites excluding steroid dienone is 1. The third-order valence-electron chi connectivity index (χ3n) is 4.60. The highest BCUT2D eigenvalue weighted by atomic mass is 19.1. The molecule has 2 heterocycles. The predicted octanol–water partition coefficient (Wildman–Crippen LogP) is 2.25. The molecule has 1 amide bonds. The van der Waals surface area contributed by atoms with Gasteiger partial charge in [-0.15, -0.1) is 0 Å². The van der Waals surface area contributed by atoms with Crippen LogP contribution in [0.4, 0.5) is 4.39 Å². The van der Waals surface area contributed by atoms with Crippen LogP contribution in [0.2, 0.25) is 0 Å². The van der Waals surface area contributed by atoms with Crippen molar-refractivity contribution in [1.82, 2.24) is 9.80 Å². The van der Waals surface area contributed by atoms with Crippen molar-refractivity contribution >= 4 is 11.5 Å². The van der Waals surface area contributed by atoms with Gasteiger partial charge in [0.15, 0.2) is 0 Å². The molecule has 0 aromatic heterocycles. The predicted molar refractivity (Wildman–Crippen MR) is 81.1 cm³/mol. The normalized spacial score (nSPS) is 26.2. The van der Waals surface area contributed by atoms with Gasteiger partial charge in [-0.25, -0.2) is 4.39 Å². The lowest BCUT2D eigenvalue weighted by Crippen LogP contribution is -2.31. The summed E-state index contributed by atoms with van der Waals surface area (Å²) in [5, 5.41) is 0. The number of carbonyl (C=O) groups is 1. The molecule has 2 aliphatic rings. The van der Waals surface area contributed by atoms with E-state index in [0.717, 1.165) is 37.3 Å². The van der Waals surface area contributed by atoms with Crippen LogP contribution in [0.5, 0.6) is 0 Å². The summed E-state index contributed by atoms with van der Waals surface area (Å²) in [6, 6.07) is 6.38. The largest absolute Gasteiger partial charge is 0.338 e. The SMILES string of the molecule is C/C(=C/C(=O)N1C[C@H]2CN(C)C[C@H]2C1)c1cccc(F)c1. The summed E-state index contributed by atoms with van der Waals surface area (Å²) >= 11 is 0. The van der Waals surface area contributed by atoms with Crippen LogP contribution < -0.4 is 0 Å². The number of rotatable bonds is 2. The van der Waals surface area contributed by atoms with Crippen LogP contribution in [0.15, 0.2) is 30.3 Å². The number of carbonyl (C=O) groups excluding carboxylic acids is 1. The van der Waals surface area contributed by atoms with Gasteiger partial charge >= 0.3 is 0 Å². The number of hydrogen-bond acceptors (Lipinski definition) is 2. The fourth-order valence-corrected chi connectivity index (χ4v) is 3.50. The van der Waals surface area contributed by atoms with Crippen LogP contribution in [-0.4, -0.2) is 48.9 Å². The van der Waals surface area contributed by atoms with Crippen LogP contribution >= 0.6 is 0 Å². The van der Waals surface area contributed by atoms with Gasteiger partial charge in [0.2, 0.25) is 5.91 Å². The molecule has 0 saturated carbocycles. The summed E-state index contributed by atoms with van der Waals surface area (Å²) in [5.74, 6) is 1.00. The van der Waals surface area contributed by atoms with Crippen LogP contribution in [0.25, 0.3) is 5.57 Å². The first-order valence-electron chi connectivity index (χ1n) is 7.44. The highest BCUT2D eigenvalue weighted by Gasteiger charge is 2.39. The lowest BCUT2D eigenvalue weighted by Gasteiger charge is -2.18. The van der Waals surface area contributed by atoms with Gasteiger partial charge in [-0.05, 0) is 49.1 Å². The fraction of sp³-hybridized carbons (Fsp3) is 0.471. The average Bonchev–Trinajstić information content (AvgIpc) is 2.95. The Bertz CT molecular complexity index is 570. The van der Waals surface area contributed by atoms with Crippen molar-refractivity contribution in [1.29, 1.82) is 0 Å². The Kier molecular flexibility index (Phi) is 3.81. The Morgan fingerprint density at radius 1 is 1.24 bits per heavy atom. The first-order valence-corrected chi connectivity index (χ1v) is 7.44. The number of nitrogens with zero attached hydrogens (tertiary/aromatic N) is 2. The molecule has 21 heavy (non-hydrogen) atoms. The fourth-order valence-electron chi connectivity index (χ4n) is 3.50. The standard InChI is InChI=1S/C17H21FN2O/c1-12(13-4-3-5-16(18)7-13)6-17(21)20-10-14-8-19(2)9-15(14)11-20/h3-7,14-15H,8-11H2,1-2H3/b12-6-/t14-,15+. The number of hydrogen-bond donors (Lipinski definition) is 0. The molecule has 0 unspecified atom stereocenters. The van der Waals surface area contributed by atoms with Crippen molar-refractivity contribution in [3.05, 3.63) is 41.7 Å². The van der Waals surface area contributed by atoms with Crippen molar-refractivity contribution in [2.45, 2.75) is 6.92 Å². The van der Waals surface area contributed by atoms with Crippen molar-refractivity contribution in [3.8, 4) is 0 Å². The van der Waals surface area contributed by atoms with E-state index in [2.05, 4.69) is 11.9 Å². The molecule has 2 aliphatic heterocycles. The number of halogens is 1. The highest BCUT2D eigenvalue weighted by Crippen LogP contribution is 2.30. The van der Waals surface area contributed by atoms with Crippen LogP contribution in [-0.2, 0) is 4.79 Å². The van der Waals surface area contributed by atoms with E-state index >= 15 is 0 Å². The van der Waals surface area contributed by atoms with E-state index in [1.54, 1.807) is 12.1 Å². The second kappa shape index (κ2) is 5.60. The van der Waals surface area contributed by atoms with Gasteiger partial charge in [-0.1, -0.05) is 12.1 Å². The quantitative estimate of drug-likeness (QED) is 0.779. The molecule has 3 nitrogen and oxygen atoms in total. The van der Waals surface area contributed by atoms with E-state index in [1.165, 1.54) is 12.1 Å². The zero-order valence-electron chi connectivity index (χ0n) is 12.6. The van der Waals surface area contributed by atoms with E-state index < -0.39 is 0 Å². The Morgan fingerprint density at radius 2 is 1.90 bits per heavy atom. The molecule has 2 saturated heterocycles. The lowest BCUT2D eigenvalue weighted by atomic mass is 10.0. The summed E-state index contributed by atoms with van der Waals surface area (Å²) in [6.45, 7) is 5.72. The van der Waals surface area contributed by atoms with Crippen LogP contribution in [0.1, 0.15) is 12.5 Å². The van der Waals surface area contributed by atoms with Gasteiger partial charge in [0.05, 0.1) is 0 Å². The second-order valence-electron chi connectivity index (χ2n) is 6.32. The minimum atomic E-state index is -0.272. The summed E-state index contributed by atoms with van der Waals surface area (Å²) in [5.41, 5.74) is 1.58. The van der Waals surface area contributed by atoms with E-state index in [-0.39, 0.29) is 11.7 Å². The summed E-state index contributed by atoms with van der Waals surface area (Å²) in [7, 11) is 2.14. The van der Waals surface area contributed by atoms with Gasteiger partial charge in [-0.3, -0.25) is 4.79 Å². The van der Waals surface area contributed by atoms with Crippen molar-refractivity contribution < 1.29 is 9.18 Å². The molecule has 0 spiro atoms. The van der Waals surface area contributed by atoms with Gasteiger partial charge in [0, 0.05) is 32.3 Å². The third-order valence-corrected chi connectivity index (χ3v) is 4.60. The molecular weight excluding hydrogens is 267 g/mol. The molecule has 1 aromatic rings. The number of amides is 1. The molecule has 0 aliphatic carbocycles. The molecule has 4 heteroatoms. The molecule has 1 aromatic carbocycles. The molecule has 2 fully saturated rings. The van der Waals surface area contributed by atoms with E-state index in [0.29, 0.717) is 11.8 Å². The van der Waals surface area contributed by atoms with E-state index in [1.807, 2.05) is 17.9 Å². The van der Waals surface area contributed by atoms with Gasteiger partial charge in [0.25, 0.3) is 0 Å². The number of fused-ring (bicyclic) bond motifs is 1. The number of likely N-dealkylation sites (tertiary alicyclic amines) is 2. The Labute approximate surface area is 125 Å². The summed E-state index contributed by atoms with van der Waals surface area (Å²) in [4.78, 5) is 16.6. The van der Waals surface area contributed by atoms with Crippen LogP contribution in [0, 0.1) is 17.7 Å². The highest BCUT2D eigenvalue weighted by molar-refractivity contribution is 5.95. The summed E-state index contributed by atoms with van der Waals surface area (Å²) in [6.07, 6.45) is 1.64. The minimum absolute atomic E-state index is 0.0498. The Balaban J connectivity index is 1.68. The second-order valence-corrected chi connectivity index (χ2v) is 6.32. The minimum Gasteiger partial charge on any atom is -0.338 e. The molecule has 112 valence electrons. The molecule has 2 atom stereocenters. The van der Waals surface area contributed by atoms with Crippen LogP contribution in [0.3, 0.4) is 0 Å². The van der Waals surface area contributed by atoms with Gasteiger partial charge in [0.1, 0.15) is 5.82 Å². The Hall–Kier alpha value is -1.68. The maximum absolute atomic E-state index is 13.2. The number of benzene rings is 1. The van der Waals surface area contributed by atoms with Crippen molar-refractivity contribution in [2.75, 3.05) is 33.2 Å². The molecule has 0 bridgehead atoms. The molecule has 3 rings (SSSR count). The van der Waals surface area contributed by atoms with Crippen molar-refractivity contribution in [2.24, 2.45) is 11.8 Å². The molecule has 0 radical (unpaired) electrons. The third kappa shape index (κ3) is 3.00. The maximum atomic E-state index is 13.2. The zero-order valence-corrected chi connectivity index (χ0v) is 12.6. The molecular formula is C17H21FN2O. The van der Waals surface area contributed by atoms with Gasteiger partial charge in [-0.2, -0.15) is 0 Å². The first-order chi connectivity index (χ1) is 10.0. The van der Waals surface area contributed by atoms with E-state index in [9.17, 15) is 9.18 Å². The zero-order chi connectivity index (χ0) is 15.0.